The molecule has 0 spiro atoms. The number of hydrogen-bond acceptors (Lipinski definition) is 5. The fraction of sp³-hybridized carbons (Fsp3) is 0.278. The summed E-state index contributed by atoms with van der Waals surface area (Å²) in [6.45, 7) is 2.52. The average Bonchev–Trinajstić information content (AvgIpc) is 2.67. The van der Waals surface area contributed by atoms with Gasteiger partial charge < -0.3 is 15.1 Å². The number of hydrogen-bond donors (Lipinski definition) is 1. The fourth-order valence-electron chi connectivity index (χ4n) is 3.02. The van der Waals surface area contributed by atoms with Crippen molar-refractivity contribution in [1.29, 1.82) is 0 Å². The van der Waals surface area contributed by atoms with E-state index in [1.54, 1.807) is 43.4 Å². The second-order valence-corrected chi connectivity index (χ2v) is 6.43. The molecule has 1 saturated heterocycles. The van der Waals surface area contributed by atoms with Crippen LogP contribution in [0.5, 0.6) is 0 Å². The van der Waals surface area contributed by atoms with Gasteiger partial charge in [0, 0.05) is 55.6 Å². The number of benzene rings is 2. The molecule has 8 heteroatoms. The Morgan fingerprint density at radius 3 is 2.35 bits per heavy atom. The van der Waals surface area contributed by atoms with Crippen molar-refractivity contribution in [1.82, 2.24) is 4.90 Å². The van der Waals surface area contributed by atoms with Crippen molar-refractivity contribution in [2.75, 3.05) is 43.4 Å². The fourth-order valence-corrected chi connectivity index (χ4v) is 3.15. The van der Waals surface area contributed by atoms with Crippen LogP contribution in [0.25, 0.3) is 0 Å². The molecule has 0 unspecified atom stereocenters. The van der Waals surface area contributed by atoms with Gasteiger partial charge in [-0.3, -0.25) is 14.9 Å². The van der Waals surface area contributed by atoms with Crippen LogP contribution in [-0.4, -0.2) is 49.0 Å². The van der Waals surface area contributed by atoms with Gasteiger partial charge in [-0.2, -0.15) is 0 Å². The number of anilines is 2. The third kappa shape index (κ3) is 3.72. The average molecular weight is 375 g/mol. The van der Waals surface area contributed by atoms with E-state index in [1.165, 1.54) is 6.07 Å². The van der Waals surface area contributed by atoms with Crippen molar-refractivity contribution >= 4 is 34.6 Å². The van der Waals surface area contributed by atoms with Gasteiger partial charge in [0.1, 0.15) is 5.69 Å². The number of nitro benzene ring substituents is 1. The number of nitrogens with one attached hydrogen (secondary N) is 1. The maximum atomic E-state index is 12.6. The van der Waals surface area contributed by atoms with Crippen molar-refractivity contribution < 1.29 is 9.72 Å². The van der Waals surface area contributed by atoms with Crippen molar-refractivity contribution in [3.63, 3.8) is 0 Å². The maximum absolute atomic E-state index is 12.6. The zero-order valence-corrected chi connectivity index (χ0v) is 15.1. The summed E-state index contributed by atoms with van der Waals surface area (Å²) in [5.74, 6) is -0.0130. The first-order valence-electron chi connectivity index (χ1n) is 8.25. The minimum absolute atomic E-state index is 0.0130. The van der Waals surface area contributed by atoms with Crippen LogP contribution in [-0.2, 0) is 0 Å². The highest BCUT2D eigenvalue weighted by atomic mass is 35.5. The summed E-state index contributed by atoms with van der Waals surface area (Å²) in [5, 5.41) is 14.5. The van der Waals surface area contributed by atoms with Crippen LogP contribution < -0.4 is 10.2 Å². The number of halogens is 1. The molecule has 1 amide bonds. The van der Waals surface area contributed by atoms with Gasteiger partial charge in [0.25, 0.3) is 11.6 Å². The second-order valence-electron chi connectivity index (χ2n) is 5.99. The Kier molecular flexibility index (Phi) is 5.27. The Hall–Kier alpha value is -2.80. The van der Waals surface area contributed by atoms with Crippen LogP contribution in [0.1, 0.15) is 10.4 Å². The molecule has 0 saturated carbocycles. The van der Waals surface area contributed by atoms with E-state index in [9.17, 15) is 14.9 Å². The molecule has 136 valence electrons. The van der Waals surface area contributed by atoms with Crippen molar-refractivity contribution in [2.45, 2.75) is 0 Å². The summed E-state index contributed by atoms with van der Waals surface area (Å²) >= 11 is 5.87. The molecule has 0 aliphatic carbocycles. The third-order valence-electron chi connectivity index (χ3n) is 4.47. The summed E-state index contributed by atoms with van der Waals surface area (Å²) in [6, 6.07) is 11.9. The molecule has 2 aromatic carbocycles. The Bertz CT molecular complexity index is 818. The van der Waals surface area contributed by atoms with E-state index in [-0.39, 0.29) is 11.6 Å². The standard InChI is InChI=1S/C18H19ClN4O3/c1-20-16-12-15(6-7-17(16)23(25)26)21-8-10-22(11-9-21)18(24)13-2-4-14(19)5-3-13/h2-7,12,20H,8-11H2,1H3. The highest BCUT2D eigenvalue weighted by Crippen LogP contribution is 2.29. The van der Waals surface area contributed by atoms with Crippen LogP contribution in [0.3, 0.4) is 0 Å². The molecule has 0 radical (unpaired) electrons. The number of amides is 1. The molecule has 7 nitrogen and oxygen atoms in total. The quantitative estimate of drug-likeness (QED) is 0.656. The smallest absolute Gasteiger partial charge is 0.292 e. The van der Waals surface area contributed by atoms with E-state index in [0.29, 0.717) is 42.5 Å². The first-order chi connectivity index (χ1) is 12.5. The van der Waals surface area contributed by atoms with Crippen LogP contribution in [0.2, 0.25) is 5.02 Å². The van der Waals surface area contributed by atoms with Crippen molar-refractivity contribution in [3.8, 4) is 0 Å². The van der Waals surface area contributed by atoms with Crippen LogP contribution in [0.4, 0.5) is 17.1 Å². The van der Waals surface area contributed by atoms with Gasteiger partial charge in [-0.1, -0.05) is 11.6 Å². The largest absolute Gasteiger partial charge is 0.383 e. The Labute approximate surface area is 156 Å². The van der Waals surface area contributed by atoms with Crippen molar-refractivity contribution in [2.24, 2.45) is 0 Å². The highest BCUT2D eigenvalue weighted by Gasteiger charge is 2.23. The SMILES string of the molecule is CNc1cc(N2CCN(C(=O)c3ccc(Cl)cc3)CC2)ccc1[N+](=O)[O-]. The van der Waals surface area contributed by atoms with E-state index in [2.05, 4.69) is 10.2 Å². The van der Waals surface area contributed by atoms with E-state index >= 15 is 0 Å². The normalized spacial score (nSPS) is 14.2. The van der Waals surface area contributed by atoms with Gasteiger partial charge in [-0.05, 0) is 36.4 Å². The van der Waals surface area contributed by atoms with Crippen molar-refractivity contribution in [3.05, 3.63) is 63.2 Å². The predicted octanol–water partition coefficient (Wildman–Crippen LogP) is 3.25. The molecule has 0 aromatic heterocycles. The Morgan fingerprint density at radius 1 is 1.12 bits per heavy atom. The molecule has 1 N–H and O–H groups in total. The van der Waals surface area contributed by atoms with Gasteiger partial charge in [0.15, 0.2) is 0 Å². The lowest BCUT2D eigenvalue weighted by molar-refractivity contribution is -0.383. The molecule has 0 bridgehead atoms. The van der Waals surface area contributed by atoms with Crippen LogP contribution in [0, 0.1) is 10.1 Å². The number of carbonyl (C=O) groups is 1. The summed E-state index contributed by atoms with van der Waals surface area (Å²) < 4.78 is 0. The number of nitrogens with zero attached hydrogens (tertiary/aromatic N) is 3. The number of piperazine rings is 1. The van der Waals surface area contributed by atoms with Gasteiger partial charge in [-0.25, -0.2) is 0 Å². The highest BCUT2D eigenvalue weighted by molar-refractivity contribution is 6.30. The predicted molar refractivity (Wildman–Crippen MR) is 102 cm³/mol. The maximum Gasteiger partial charge on any atom is 0.292 e. The first-order valence-corrected chi connectivity index (χ1v) is 8.63. The zero-order chi connectivity index (χ0) is 18.7. The molecule has 1 aliphatic heterocycles. The molecule has 1 aliphatic rings. The van der Waals surface area contributed by atoms with Crippen LogP contribution >= 0.6 is 11.6 Å². The summed E-state index contributed by atoms with van der Waals surface area (Å²) in [6.07, 6.45) is 0. The van der Waals surface area contributed by atoms with E-state index in [4.69, 9.17) is 11.6 Å². The Balaban J connectivity index is 1.67. The summed E-state index contributed by atoms with van der Waals surface area (Å²) in [4.78, 5) is 27.1. The number of nitro groups is 1. The molecule has 1 heterocycles. The van der Waals surface area contributed by atoms with E-state index < -0.39 is 4.92 Å². The molecule has 1 fully saturated rings. The molecule has 2 aromatic rings. The molecule has 3 rings (SSSR count). The van der Waals surface area contributed by atoms with Gasteiger partial charge in [-0.15, -0.1) is 0 Å². The van der Waals surface area contributed by atoms with E-state index in [1.807, 2.05) is 4.90 Å². The second kappa shape index (κ2) is 7.61. The molecular formula is C18H19ClN4O3. The first kappa shape index (κ1) is 18.0. The molecule has 26 heavy (non-hydrogen) atoms. The lowest BCUT2D eigenvalue weighted by Crippen LogP contribution is -2.48. The number of carbonyl (C=O) groups excluding carboxylic acids is 1. The van der Waals surface area contributed by atoms with Gasteiger partial charge >= 0.3 is 0 Å². The minimum atomic E-state index is -0.404. The van der Waals surface area contributed by atoms with Crippen LogP contribution in [0.15, 0.2) is 42.5 Å². The summed E-state index contributed by atoms with van der Waals surface area (Å²) in [5.41, 5.74) is 2.05. The topological polar surface area (TPSA) is 78.7 Å². The van der Waals surface area contributed by atoms with E-state index in [0.717, 1.165) is 5.69 Å². The van der Waals surface area contributed by atoms with Gasteiger partial charge in [0.2, 0.25) is 0 Å². The van der Waals surface area contributed by atoms with Gasteiger partial charge in [0.05, 0.1) is 4.92 Å². The lowest BCUT2D eigenvalue weighted by Gasteiger charge is -2.36. The monoisotopic (exact) mass is 374 g/mol. The lowest BCUT2D eigenvalue weighted by atomic mass is 10.1. The Morgan fingerprint density at radius 2 is 1.77 bits per heavy atom. The third-order valence-corrected chi connectivity index (χ3v) is 4.72. The minimum Gasteiger partial charge on any atom is -0.383 e. The molecular weight excluding hydrogens is 356 g/mol. The number of rotatable bonds is 4. The zero-order valence-electron chi connectivity index (χ0n) is 14.3. The summed E-state index contributed by atoms with van der Waals surface area (Å²) in [7, 11) is 1.66. The molecule has 0 atom stereocenters.